The molecule has 3 heteroatoms. The standard InChI is InChI=1S/C18H16FNS/c19-16(15-6-3-4-12-8-9-20-18(12)15)10-13-11-21-17-7-2-1-5-14(13)17/h1-7,11,16,20H,8-10H2. The van der Waals surface area contributed by atoms with Crippen molar-refractivity contribution in [3.63, 3.8) is 0 Å². The minimum absolute atomic E-state index is 0.447. The zero-order chi connectivity index (χ0) is 14.2. The molecule has 0 saturated heterocycles. The molecule has 4 rings (SSSR count). The Morgan fingerprint density at radius 3 is 3.00 bits per heavy atom. The number of halogens is 1. The van der Waals surface area contributed by atoms with Gasteiger partial charge >= 0.3 is 0 Å². The highest BCUT2D eigenvalue weighted by Gasteiger charge is 2.21. The fourth-order valence-electron chi connectivity index (χ4n) is 3.12. The molecule has 0 aliphatic carbocycles. The fraction of sp³-hybridized carbons (Fsp3) is 0.222. The second-order valence-corrected chi connectivity index (χ2v) is 6.40. The zero-order valence-corrected chi connectivity index (χ0v) is 12.4. The molecule has 2 heterocycles. The second kappa shape index (κ2) is 5.15. The van der Waals surface area contributed by atoms with Gasteiger partial charge in [0.1, 0.15) is 6.17 Å². The molecule has 0 saturated carbocycles. The summed E-state index contributed by atoms with van der Waals surface area (Å²) in [5.41, 5.74) is 4.17. The van der Waals surface area contributed by atoms with Crippen LogP contribution in [0.1, 0.15) is 22.9 Å². The van der Waals surface area contributed by atoms with Gasteiger partial charge in [-0.1, -0.05) is 36.4 Å². The number of alkyl halides is 1. The van der Waals surface area contributed by atoms with Crippen LogP contribution in [0.25, 0.3) is 10.1 Å². The Balaban J connectivity index is 1.67. The van der Waals surface area contributed by atoms with Crippen LogP contribution in [0.15, 0.2) is 47.8 Å². The van der Waals surface area contributed by atoms with Crippen LogP contribution >= 0.6 is 11.3 Å². The van der Waals surface area contributed by atoms with E-state index >= 15 is 0 Å². The summed E-state index contributed by atoms with van der Waals surface area (Å²) in [6.45, 7) is 0.917. The highest BCUT2D eigenvalue weighted by atomic mass is 32.1. The number of thiophene rings is 1. The Hall–Kier alpha value is -1.87. The lowest BCUT2D eigenvalue weighted by Gasteiger charge is -2.13. The van der Waals surface area contributed by atoms with E-state index in [1.54, 1.807) is 11.3 Å². The number of nitrogens with one attached hydrogen (secondary N) is 1. The number of fused-ring (bicyclic) bond motifs is 2. The lowest BCUT2D eigenvalue weighted by molar-refractivity contribution is 0.344. The van der Waals surface area contributed by atoms with Gasteiger partial charge in [-0.15, -0.1) is 11.3 Å². The first-order chi connectivity index (χ1) is 10.3. The highest BCUT2D eigenvalue weighted by molar-refractivity contribution is 7.17. The molecule has 3 aromatic rings. The third kappa shape index (κ3) is 2.22. The van der Waals surface area contributed by atoms with E-state index in [4.69, 9.17) is 0 Å². The number of hydrogen-bond acceptors (Lipinski definition) is 2. The van der Waals surface area contributed by atoms with Gasteiger partial charge in [-0.2, -0.15) is 0 Å². The van der Waals surface area contributed by atoms with Gasteiger partial charge in [0.2, 0.25) is 0 Å². The summed E-state index contributed by atoms with van der Waals surface area (Å²) < 4.78 is 16.1. The van der Waals surface area contributed by atoms with Crippen molar-refractivity contribution in [2.75, 3.05) is 11.9 Å². The molecular formula is C18H16FNS. The van der Waals surface area contributed by atoms with Gasteiger partial charge in [0.15, 0.2) is 0 Å². The average molecular weight is 297 g/mol. The van der Waals surface area contributed by atoms with Crippen LogP contribution in [-0.2, 0) is 12.8 Å². The van der Waals surface area contributed by atoms with Crippen molar-refractivity contribution < 1.29 is 4.39 Å². The van der Waals surface area contributed by atoms with Crippen LogP contribution in [0.5, 0.6) is 0 Å². The first-order valence-corrected chi connectivity index (χ1v) is 8.16. The first kappa shape index (κ1) is 12.8. The van der Waals surface area contributed by atoms with Crippen molar-refractivity contribution in [1.29, 1.82) is 0 Å². The fourth-order valence-corrected chi connectivity index (χ4v) is 4.10. The molecule has 0 radical (unpaired) electrons. The molecule has 1 unspecified atom stereocenters. The molecule has 2 aromatic carbocycles. The molecule has 1 aliphatic heterocycles. The van der Waals surface area contributed by atoms with Crippen LogP contribution in [0.4, 0.5) is 10.1 Å². The van der Waals surface area contributed by atoms with Crippen LogP contribution in [0.3, 0.4) is 0 Å². The maximum Gasteiger partial charge on any atom is 0.131 e. The van der Waals surface area contributed by atoms with Gasteiger partial charge in [-0.3, -0.25) is 0 Å². The number of hydrogen-bond donors (Lipinski definition) is 1. The molecule has 106 valence electrons. The van der Waals surface area contributed by atoms with Gasteiger partial charge in [0.25, 0.3) is 0 Å². The van der Waals surface area contributed by atoms with Crippen LogP contribution in [0, 0.1) is 0 Å². The Labute approximate surface area is 127 Å². The summed E-state index contributed by atoms with van der Waals surface area (Å²) in [4.78, 5) is 0. The van der Waals surface area contributed by atoms with Gasteiger partial charge in [-0.25, -0.2) is 4.39 Å². The van der Waals surface area contributed by atoms with Crippen molar-refractivity contribution in [3.8, 4) is 0 Å². The lowest BCUT2D eigenvalue weighted by atomic mass is 9.98. The first-order valence-electron chi connectivity index (χ1n) is 7.28. The van der Waals surface area contributed by atoms with Crippen molar-refractivity contribution in [1.82, 2.24) is 0 Å². The maximum absolute atomic E-state index is 14.8. The van der Waals surface area contributed by atoms with Crippen molar-refractivity contribution >= 4 is 27.1 Å². The van der Waals surface area contributed by atoms with E-state index in [1.807, 2.05) is 24.3 Å². The van der Waals surface area contributed by atoms with Gasteiger partial charge in [0.05, 0.1) is 0 Å². The van der Waals surface area contributed by atoms with Crippen LogP contribution in [-0.4, -0.2) is 6.54 Å². The van der Waals surface area contributed by atoms with Gasteiger partial charge in [0, 0.05) is 28.9 Å². The Kier molecular flexibility index (Phi) is 3.15. The third-order valence-corrected chi connectivity index (χ3v) is 5.19. The molecule has 1 aromatic heterocycles. The Morgan fingerprint density at radius 2 is 2.05 bits per heavy atom. The molecule has 1 aliphatic rings. The van der Waals surface area contributed by atoms with E-state index in [2.05, 4.69) is 28.9 Å². The molecular weight excluding hydrogens is 281 g/mol. The van der Waals surface area contributed by atoms with Crippen molar-refractivity contribution in [2.24, 2.45) is 0 Å². The predicted molar refractivity (Wildman–Crippen MR) is 88.0 cm³/mol. The zero-order valence-electron chi connectivity index (χ0n) is 11.6. The van der Waals surface area contributed by atoms with E-state index < -0.39 is 6.17 Å². The summed E-state index contributed by atoms with van der Waals surface area (Å²) in [5.74, 6) is 0. The Bertz CT molecular complexity index is 793. The minimum Gasteiger partial charge on any atom is -0.384 e. The minimum atomic E-state index is -0.955. The molecule has 21 heavy (non-hydrogen) atoms. The quantitative estimate of drug-likeness (QED) is 0.707. The number of anilines is 1. The lowest BCUT2D eigenvalue weighted by Crippen LogP contribution is -2.01. The summed E-state index contributed by atoms with van der Waals surface area (Å²) in [6, 6.07) is 14.2. The van der Waals surface area contributed by atoms with E-state index in [1.165, 1.54) is 15.6 Å². The smallest absolute Gasteiger partial charge is 0.131 e. The summed E-state index contributed by atoms with van der Waals surface area (Å²) in [6.07, 6.45) is 0.489. The van der Waals surface area contributed by atoms with Gasteiger partial charge in [-0.05, 0) is 34.4 Å². The molecule has 0 fully saturated rings. The van der Waals surface area contributed by atoms with E-state index in [-0.39, 0.29) is 0 Å². The largest absolute Gasteiger partial charge is 0.384 e. The van der Waals surface area contributed by atoms with E-state index in [0.717, 1.165) is 29.8 Å². The molecule has 0 spiro atoms. The van der Waals surface area contributed by atoms with E-state index in [9.17, 15) is 4.39 Å². The normalized spacial score (nSPS) is 14.9. The third-order valence-electron chi connectivity index (χ3n) is 4.18. The van der Waals surface area contributed by atoms with E-state index in [0.29, 0.717) is 6.42 Å². The summed E-state index contributed by atoms with van der Waals surface area (Å²) in [7, 11) is 0. The molecule has 1 N–H and O–H groups in total. The van der Waals surface area contributed by atoms with Crippen molar-refractivity contribution in [2.45, 2.75) is 19.0 Å². The van der Waals surface area contributed by atoms with Crippen LogP contribution in [0.2, 0.25) is 0 Å². The highest BCUT2D eigenvalue weighted by Crippen LogP contribution is 2.36. The second-order valence-electron chi connectivity index (χ2n) is 5.49. The molecule has 0 bridgehead atoms. The predicted octanol–water partition coefficient (Wildman–Crippen LogP) is 5.12. The molecule has 0 amide bonds. The number of rotatable bonds is 3. The topological polar surface area (TPSA) is 12.0 Å². The summed E-state index contributed by atoms with van der Waals surface area (Å²) in [5, 5.41) is 6.61. The maximum atomic E-state index is 14.8. The molecule has 1 nitrogen and oxygen atoms in total. The molecule has 1 atom stereocenters. The SMILES string of the molecule is FC(Cc1csc2ccccc12)c1cccc2c1NCC2. The van der Waals surface area contributed by atoms with Gasteiger partial charge < -0.3 is 5.32 Å². The Morgan fingerprint density at radius 1 is 1.14 bits per heavy atom. The number of para-hydroxylation sites is 1. The monoisotopic (exact) mass is 297 g/mol. The van der Waals surface area contributed by atoms with Crippen molar-refractivity contribution in [3.05, 3.63) is 64.5 Å². The van der Waals surface area contributed by atoms with Crippen LogP contribution < -0.4 is 5.32 Å². The number of benzene rings is 2. The summed E-state index contributed by atoms with van der Waals surface area (Å²) >= 11 is 1.69. The average Bonchev–Trinajstić information content (AvgIpc) is 3.14.